The summed E-state index contributed by atoms with van der Waals surface area (Å²) < 4.78 is 0. The van der Waals surface area contributed by atoms with Crippen LogP contribution in [-0.2, 0) is 4.79 Å². The minimum absolute atomic E-state index is 0.113. The van der Waals surface area contributed by atoms with Gasteiger partial charge in [-0.3, -0.25) is 9.59 Å². The molecule has 7 heteroatoms. The number of hydrogen-bond donors (Lipinski definition) is 3. The molecule has 0 aliphatic carbocycles. The van der Waals surface area contributed by atoms with E-state index in [9.17, 15) is 9.59 Å². The van der Waals surface area contributed by atoms with Crippen LogP contribution in [0.4, 0.5) is 0 Å². The van der Waals surface area contributed by atoms with Crippen molar-refractivity contribution < 1.29 is 14.7 Å². The molecule has 0 saturated carbocycles. The van der Waals surface area contributed by atoms with Crippen LogP contribution < -0.4 is 5.32 Å². The van der Waals surface area contributed by atoms with E-state index >= 15 is 0 Å². The molecule has 1 amide bonds. The number of hydrogen-bond acceptors (Lipinski definition) is 4. The van der Waals surface area contributed by atoms with E-state index in [0.29, 0.717) is 23.0 Å². The number of nitrogens with zero attached hydrogens (tertiary/aromatic N) is 2. The number of carboxylic acids is 1. The van der Waals surface area contributed by atoms with Gasteiger partial charge in [-0.15, -0.1) is 0 Å². The first-order valence-corrected chi connectivity index (χ1v) is 5.93. The van der Waals surface area contributed by atoms with Gasteiger partial charge < -0.3 is 10.4 Å². The Balaban J connectivity index is 2.05. The van der Waals surface area contributed by atoms with Gasteiger partial charge in [-0.1, -0.05) is 6.92 Å². The normalized spacial score (nSPS) is 12.3. The van der Waals surface area contributed by atoms with Crippen LogP contribution in [0.1, 0.15) is 23.7 Å². The van der Waals surface area contributed by atoms with E-state index in [1.165, 1.54) is 0 Å². The molecule has 1 unspecified atom stereocenters. The first kappa shape index (κ1) is 13.0. The third-order valence-corrected chi connectivity index (χ3v) is 2.93. The number of aromatic nitrogens is 3. The SMILES string of the molecule is CCC(CNC(=O)c1ccc2n[nH]nc2c1)C(=O)O. The number of rotatable bonds is 5. The average Bonchev–Trinajstić information content (AvgIpc) is 2.85. The lowest BCUT2D eigenvalue weighted by Crippen LogP contribution is -2.32. The Morgan fingerprint density at radius 1 is 1.37 bits per heavy atom. The number of H-pyrrole nitrogens is 1. The molecule has 1 heterocycles. The van der Waals surface area contributed by atoms with E-state index in [0.717, 1.165) is 0 Å². The molecular weight excluding hydrogens is 248 g/mol. The Kier molecular flexibility index (Phi) is 3.74. The fraction of sp³-hybridized carbons (Fsp3) is 0.333. The van der Waals surface area contributed by atoms with Crippen LogP contribution in [0.15, 0.2) is 18.2 Å². The molecule has 100 valence electrons. The van der Waals surface area contributed by atoms with E-state index in [-0.39, 0.29) is 12.5 Å². The second kappa shape index (κ2) is 5.47. The van der Waals surface area contributed by atoms with Crippen molar-refractivity contribution >= 4 is 22.9 Å². The smallest absolute Gasteiger partial charge is 0.308 e. The Morgan fingerprint density at radius 2 is 2.11 bits per heavy atom. The van der Waals surface area contributed by atoms with Crippen molar-refractivity contribution in [1.82, 2.24) is 20.7 Å². The zero-order valence-electron chi connectivity index (χ0n) is 10.4. The zero-order valence-corrected chi connectivity index (χ0v) is 10.4. The summed E-state index contributed by atoms with van der Waals surface area (Å²) in [5, 5.41) is 21.8. The number of benzene rings is 1. The number of carbonyl (C=O) groups excluding carboxylic acids is 1. The van der Waals surface area contributed by atoms with Crippen molar-refractivity contribution in [2.45, 2.75) is 13.3 Å². The van der Waals surface area contributed by atoms with Crippen LogP contribution in [-0.4, -0.2) is 38.9 Å². The Hall–Kier alpha value is -2.44. The molecule has 0 spiro atoms. The average molecular weight is 262 g/mol. The highest BCUT2D eigenvalue weighted by Gasteiger charge is 2.16. The van der Waals surface area contributed by atoms with E-state index in [2.05, 4.69) is 20.7 Å². The van der Waals surface area contributed by atoms with Crippen LogP contribution in [0, 0.1) is 5.92 Å². The first-order chi connectivity index (χ1) is 9.11. The maximum Gasteiger partial charge on any atom is 0.308 e. The number of aromatic amines is 1. The number of amides is 1. The van der Waals surface area contributed by atoms with Crippen molar-refractivity contribution in [3.8, 4) is 0 Å². The largest absolute Gasteiger partial charge is 0.481 e. The van der Waals surface area contributed by atoms with Gasteiger partial charge in [0, 0.05) is 12.1 Å². The third-order valence-electron chi connectivity index (χ3n) is 2.93. The highest BCUT2D eigenvalue weighted by atomic mass is 16.4. The molecular formula is C12H14N4O3. The fourth-order valence-corrected chi connectivity index (χ4v) is 1.71. The molecule has 7 nitrogen and oxygen atoms in total. The van der Waals surface area contributed by atoms with Gasteiger partial charge in [-0.25, -0.2) is 0 Å². The minimum Gasteiger partial charge on any atom is -0.481 e. The van der Waals surface area contributed by atoms with Gasteiger partial charge in [0.1, 0.15) is 11.0 Å². The number of nitrogens with one attached hydrogen (secondary N) is 2. The van der Waals surface area contributed by atoms with Crippen molar-refractivity contribution in [3.05, 3.63) is 23.8 Å². The number of carboxylic acid groups (broad SMARTS) is 1. The molecule has 0 saturated heterocycles. The molecule has 3 N–H and O–H groups in total. The van der Waals surface area contributed by atoms with Crippen molar-refractivity contribution in [1.29, 1.82) is 0 Å². The quantitative estimate of drug-likeness (QED) is 0.738. The summed E-state index contributed by atoms with van der Waals surface area (Å²) in [6.45, 7) is 1.88. The van der Waals surface area contributed by atoms with Gasteiger partial charge in [-0.05, 0) is 24.6 Å². The van der Waals surface area contributed by atoms with Crippen LogP contribution in [0.3, 0.4) is 0 Å². The van der Waals surface area contributed by atoms with Crippen molar-refractivity contribution in [2.24, 2.45) is 5.92 Å². The zero-order chi connectivity index (χ0) is 13.8. The Labute approximate surface area is 109 Å². The molecule has 19 heavy (non-hydrogen) atoms. The van der Waals surface area contributed by atoms with Gasteiger partial charge in [-0.2, -0.15) is 15.4 Å². The van der Waals surface area contributed by atoms with Crippen LogP contribution in [0.25, 0.3) is 11.0 Å². The predicted octanol–water partition coefficient (Wildman–Crippen LogP) is 0.798. The summed E-state index contributed by atoms with van der Waals surface area (Å²) in [6.07, 6.45) is 0.470. The molecule has 0 radical (unpaired) electrons. The van der Waals surface area contributed by atoms with Gasteiger partial charge in [0.2, 0.25) is 0 Å². The van der Waals surface area contributed by atoms with Crippen LogP contribution >= 0.6 is 0 Å². The lowest BCUT2D eigenvalue weighted by molar-refractivity contribution is -0.141. The summed E-state index contributed by atoms with van der Waals surface area (Å²) >= 11 is 0. The molecule has 0 bridgehead atoms. The van der Waals surface area contributed by atoms with Gasteiger partial charge in [0.15, 0.2) is 0 Å². The summed E-state index contributed by atoms with van der Waals surface area (Å²) in [6, 6.07) is 4.92. The summed E-state index contributed by atoms with van der Waals surface area (Å²) in [5.74, 6) is -1.79. The van der Waals surface area contributed by atoms with Crippen molar-refractivity contribution in [3.63, 3.8) is 0 Å². The molecule has 1 aromatic heterocycles. The maximum absolute atomic E-state index is 11.9. The Morgan fingerprint density at radius 3 is 2.79 bits per heavy atom. The number of fused-ring (bicyclic) bond motifs is 1. The first-order valence-electron chi connectivity index (χ1n) is 5.93. The summed E-state index contributed by atoms with van der Waals surface area (Å²) in [7, 11) is 0. The highest BCUT2D eigenvalue weighted by Crippen LogP contribution is 2.10. The number of aliphatic carboxylic acids is 1. The van der Waals surface area contributed by atoms with E-state index in [4.69, 9.17) is 5.11 Å². The predicted molar refractivity (Wildman–Crippen MR) is 67.6 cm³/mol. The monoisotopic (exact) mass is 262 g/mol. The topological polar surface area (TPSA) is 108 Å². The van der Waals surface area contributed by atoms with Gasteiger partial charge >= 0.3 is 5.97 Å². The maximum atomic E-state index is 11.9. The standard InChI is InChI=1S/C12H14N4O3/c1-2-7(12(18)19)6-13-11(17)8-3-4-9-10(5-8)15-16-14-9/h3-5,7H,2,6H2,1H3,(H,13,17)(H,18,19)(H,14,15,16). The van der Waals surface area contributed by atoms with E-state index in [1.807, 2.05) is 0 Å². The summed E-state index contributed by atoms with van der Waals surface area (Å²) in [4.78, 5) is 22.7. The Bertz CT molecular complexity index is 608. The molecule has 0 fully saturated rings. The van der Waals surface area contributed by atoms with E-state index in [1.54, 1.807) is 25.1 Å². The van der Waals surface area contributed by atoms with Crippen molar-refractivity contribution in [2.75, 3.05) is 6.54 Å². The molecule has 1 atom stereocenters. The molecule has 2 rings (SSSR count). The van der Waals surface area contributed by atoms with Crippen LogP contribution in [0.2, 0.25) is 0 Å². The van der Waals surface area contributed by atoms with Gasteiger partial charge in [0.05, 0.1) is 5.92 Å². The molecule has 0 aliphatic rings. The third kappa shape index (κ3) is 2.87. The molecule has 2 aromatic rings. The van der Waals surface area contributed by atoms with Crippen LogP contribution in [0.5, 0.6) is 0 Å². The number of carbonyl (C=O) groups is 2. The van der Waals surface area contributed by atoms with E-state index < -0.39 is 11.9 Å². The molecule has 1 aromatic carbocycles. The second-order valence-corrected chi connectivity index (χ2v) is 4.18. The lowest BCUT2D eigenvalue weighted by atomic mass is 10.1. The minimum atomic E-state index is -0.908. The second-order valence-electron chi connectivity index (χ2n) is 4.18. The fourth-order valence-electron chi connectivity index (χ4n) is 1.71. The molecule has 0 aliphatic heterocycles. The summed E-state index contributed by atoms with van der Waals surface area (Å²) in [5.41, 5.74) is 1.70. The highest BCUT2D eigenvalue weighted by molar-refractivity contribution is 5.97. The van der Waals surface area contributed by atoms with Gasteiger partial charge in [0.25, 0.3) is 5.91 Å². The lowest BCUT2D eigenvalue weighted by Gasteiger charge is -2.10.